The third kappa shape index (κ3) is 1.42. The minimum atomic E-state index is -1.62. The highest BCUT2D eigenvalue weighted by molar-refractivity contribution is 7.16. The van der Waals surface area contributed by atoms with Gasteiger partial charge < -0.3 is 10.4 Å². The molecule has 0 spiro atoms. The Balaban J connectivity index is 2.23. The minimum Gasteiger partial charge on any atom is -0.371 e. The normalized spacial score (nSPS) is 22.4. The molecule has 5 heteroatoms. The van der Waals surface area contributed by atoms with Crippen LogP contribution in [0.15, 0.2) is 36.4 Å². The number of carbonyl (C=O) groups is 1. The summed E-state index contributed by atoms with van der Waals surface area (Å²) in [5.74, 6) is -0.433. The number of hydrogen-bond acceptors (Lipinski definition) is 3. The second kappa shape index (κ2) is 3.57. The average Bonchev–Trinajstić information content (AvgIpc) is 2.85. The summed E-state index contributed by atoms with van der Waals surface area (Å²) in [7, 11) is 0. The Labute approximate surface area is 107 Å². The number of rotatable bonds is 1. The summed E-state index contributed by atoms with van der Waals surface area (Å²) >= 11 is 7.06. The Morgan fingerprint density at radius 3 is 2.71 bits per heavy atom. The topological polar surface area (TPSA) is 49.3 Å². The van der Waals surface area contributed by atoms with Crippen LogP contribution in [0.2, 0.25) is 4.34 Å². The molecule has 0 saturated heterocycles. The van der Waals surface area contributed by atoms with Crippen molar-refractivity contribution in [3.8, 4) is 0 Å². The van der Waals surface area contributed by atoms with E-state index in [0.29, 0.717) is 20.5 Å². The van der Waals surface area contributed by atoms with E-state index in [9.17, 15) is 9.90 Å². The van der Waals surface area contributed by atoms with Crippen LogP contribution in [0.3, 0.4) is 0 Å². The zero-order valence-corrected chi connectivity index (χ0v) is 10.2. The summed E-state index contributed by atoms with van der Waals surface area (Å²) in [4.78, 5) is 12.5. The van der Waals surface area contributed by atoms with Crippen LogP contribution in [-0.4, -0.2) is 11.0 Å². The molecule has 2 heterocycles. The number of nitrogens with one attached hydrogen (secondary N) is 1. The van der Waals surface area contributed by atoms with E-state index < -0.39 is 11.5 Å². The molecule has 17 heavy (non-hydrogen) atoms. The quantitative estimate of drug-likeness (QED) is 0.833. The Bertz CT molecular complexity index is 610. The second-order valence-corrected chi connectivity index (χ2v) is 5.53. The van der Waals surface area contributed by atoms with Crippen molar-refractivity contribution in [3.05, 3.63) is 51.2 Å². The van der Waals surface area contributed by atoms with Gasteiger partial charge in [0.1, 0.15) is 0 Å². The first-order valence-electron chi connectivity index (χ1n) is 5.01. The average molecular weight is 266 g/mol. The highest BCUT2D eigenvalue weighted by Gasteiger charge is 2.47. The second-order valence-electron chi connectivity index (χ2n) is 3.81. The van der Waals surface area contributed by atoms with Crippen molar-refractivity contribution in [3.63, 3.8) is 0 Å². The van der Waals surface area contributed by atoms with Crippen molar-refractivity contribution >= 4 is 34.5 Å². The minimum absolute atomic E-state index is 0.433. The smallest absolute Gasteiger partial charge is 0.266 e. The van der Waals surface area contributed by atoms with E-state index in [1.807, 2.05) is 6.07 Å². The number of anilines is 1. The molecule has 2 aromatic rings. The van der Waals surface area contributed by atoms with Crippen LogP contribution in [0.1, 0.15) is 10.4 Å². The van der Waals surface area contributed by atoms with E-state index in [0.717, 1.165) is 0 Å². The van der Waals surface area contributed by atoms with Gasteiger partial charge in [-0.3, -0.25) is 4.79 Å². The van der Waals surface area contributed by atoms with Crippen molar-refractivity contribution in [2.75, 3.05) is 5.32 Å². The monoisotopic (exact) mass is 265 g/mol. The predicted molar refractivity (Wildman–Crippen MR) is 67.4 cm³/mol. The first-order chi connectivity index (χ1) is 8.12. The maximum Gasteiger partial charge on any atom is 0.266 e. The van der Waals surface area contributed by atoms with Gasteiger partial charge in [-0.15, -0.1) is 11.3 Å². The van der Waals surface area contributed by atoms with Gasteiger partial charge in [-0.2, -0.15) is 0 Å². The van der Waals surface area contributed by atoms with Gasteiger partial charge >= 0.3 is 0 Å². The molecule has 1 amide bonds. The van der Waals surface area contributed by atoms with Crippen molar-refractivity contribution in [1.82, 2.24) is 0 Å². The number of thiophene rings is 1. The molecule has 3 nitrogen and oxygen atoms in total. The van der Waals surface area contributed by atoms with Gasteiger partial charge in [0.25, 0.3) is 5.91 Å². The van der Waals surface area contributed by atoms with Crippen LogP contribution in [0.4, 0.5) is 5.69 Å². The number of benzene rings is 1. The van der Waals surface area contributed by atoms with Crippen molar-refractivity contribution in [2.24, 2.45) is 0 Å². The SMILES string of the molecule is O=C1Nc2ccccc2C1(O)c1ccc(Cl)s1. The van der Waals surface area contributed by atoms with Crippen LogP contribution in [0, 0.1) is 0 Å². The van der Waals surface area contributed by atoms with E-state index in [-0.39, 0.29) is 0 Å². The zero-order valence-electron chi connectivity index (χ0n) is 8.61. The molecule has 86 valence electrons. The lowest BCUT2D eigenvalue weighted by Crippen LogP contribution is -2.34. The molecule has 0 aliphatic carbocycles. The molecule has 0 fully saturated rings. The molecular weight excluding hydrogens is 258 g/mol. The van der Waals surface area contributed by atoms with Gasteiger partial charge in [-0.25, -0.2) is 0 Å². The predicted octanol–water partition coefficient (Wildman–Crippen LogP) is 2.59. The number of amides is 1. The molecule has 2 N–H and O–H groups in total. The van der Waals surface area contributed by atoms with Gasteiger partial charge in [-0.1, -0.05) is 29.8 Å². The van der Waals surface area contributed by atoms with E-state index in [1.54, 1.807) is 30.3 Å². The van der Waals surface area contributed by atoms with Crippen LogP contribution < -0.4 is 5.32 Å². The molecular formula is C12H8ClNO2S. The molecule has 3 rings (SSSR count). The van der Waals surface area contributed by atoms with E-state index in [4.69, 9.17) is 11.6 Å². The molecule has 0 saturated carbocycles. The maximum atomic E-state index is 12.0. The highest BCUT2D eigenvalue weighted by Crippen LogP contribution is 2.43. The maximum absolute atomic E-state index is 12.0. The van der Waals surface area contributed by atoms with Crippen molar-refractivity contribution < 1.29 is 9.90 Å². The summed E-state index contributed by atoms with van der Waals surface area (Å²) in [6.07, 6.45) is 0. The number of hydrogen-bond donors (Lipinski definition) is 2. The molecule has 1 unspecified atom stereocenters. The fourth-order valence-electron chi connectivity index (χ4n) is 2.00. The van der Waals surface area contributed by atoms with E-state index >= 15 is 0 Å². The van der Waals surface area contributed by atoms with Gasteiger partial charge in [0.2, 0.25) is 5.60 Å². The summed E-state index contributed by atoms with van der Waals surface area (Å²) < 4.78 is 0.547. The largest absolute Gasteiger partial charge is 0.371 e. The Kier molecular flexibility index (Phi) is 2.26. The number of aliphatic hydroxyl groups is 1. The molecule has 0 bridgehead atoms. The molecule has 1 aromatic carbocycles. The van der Waals surface area contributed by atoms with Crippen LogP contribution in [0.25, 0.3) is 0 Å². The number of para-hydroxylation sites is 1. The lowest BCUT2D eigenvalue weighted by molar-refractivity contribution is -0.129. The summed E-state index contributed by atoms with van der Waals surface area (Å²) in [5.41, 5.74) is -0.401. The highest BCUT2D eigenvalue weighted by atomic mass is 35.5. The van der Waals surface area contributed by atoms with Gasteiger partial charge in [-0.05, 0) is 18.2 Å². The lowest BCUT2D eigenvalue weighted by atomic mass is 9.94. The first kappa shape index (κ1) is 10.8. The van der Waals surface area contributed by atoms with Gasteiger partial charge in [0.05, 0.1) is 9.21 Å². The number of fused-ring (bicyclic) bond motifs is 1. The zero-order chi connectivity index (χ0) is 12.0. The van der Waals surface area contributed by atoms with E-state index in [2.05, 4.69) is 5.32 Å². The molecule has 1 atom stereocenters. The Hall–Kier alpha value is -1.36. The van der Waals surface area contributed by atoms with Gasteiger partial charge in [0.15, 0.2) is 0 Å². The Morgan fingerprint density at radius 2 is 2.00 bits per heavy atom. The van der Waals surface area contributed by atoms with Gasteiger partial charge in [0, 0.05) is 11.3 Å². The lowest BCUT2D eigenvalue weighted by Gasteiger charge is -2.18. The van der Waals surface area contributed by atoms with Crippen LogP contribution >= 0.6 is 22.9 Å². The van der Waals surface area contributed by atoms with E-state index in [1.165, 1.54) is 11.3 Å². The number of carbonyl (C=O) groups excluding carboxylic acids is 1. The Morgan fingerprint density at radius 1 is 1.24 bits per heavy atom. The van der Waals surface area contributed by atoms with Crippen molar-refractivity contribution in [2.45, 2.75) is 5.60 Å². The first-order valence-corrected chi connectivity index (χ1v) is 6.21. The standard InChI is InChI=1S/C12H8ClNO2S/c13-10-6-5-9(17-10)12(16)7-3-1-2-4-8(7)14-11(12)15/h1-6,16H,(H,14,15). The summed E-state index contributed by atoms with van der Waals surface area (Å²) in [6, 6.07) is 10.5. The summed E-state index contributed by atoms with van der Waals surface area (Å²) in [5, 5.41) is 13.3. The third-order valence-electron chi connectivity index (χ3n) is 2.82. The molecule has 1 aliphatic heterocycles. The molecule has 1 aliphatic rings. The van der Waals surface area contributed by atoms with Crippen LogP contribution in [-0.2, 0) is 10.4 Å². The van der Waals surface area contributed by atoms with Crippen molar-refractivity contribution in [1.29, 1.82) is 0 Å². The fourth-order valence-corrected chi connectivity index (χ4v) is 3.14. The fraction of sp³-hybridized carbons (Fsp3) is 0.0833. The summed E-state index contributed by atoms with van der Waals surface area (Å²) in [6.45, 7) is 0. The molecule has 0 radical (unpaired) electrons. The van der Waals surface area contributed by atoms with Crippen LogP contribution in [0.5, 0.6) is 0 Å². The third-order valence-corrected chi connectivity index (χ3v) is 4.16. The molecule has 1 aromatic heterocycles. The number of halogens is 1.